The van der Waals surface area contributed by atoms with Gasteiger partial charge < -0.3 is 10.1 Å². The van der Waals surface area contributed by atoms with Crippen molar-refractivity contribution >= 4 is 45.8 Å². The summed E-state index contributed by atoms with van der Waals surface area (Å²) in [7, 11) is 1.38. The highest BCUT2D eigenvalue weighted by molar-refractivity contribution is 14.1. The van der Waals surface area contributed by atoms with Gasteiger partial charge in [-0.1, -0.05) is 11.6 Å². The number of esters is 1. The van der Waals surface area contributed by atoms with E-state index in [4.69, 9.17) is 11.6 Å². The van der Waals surface area contributed by atoms with Gasteiger partial charge in [-0.15, -0.1) is 0 Å². The lowest BCUT2D eigenvalue weighted by Crippen LogP contribution is -2.20. The molecule has 0 aliphatic rings. The van der Waals surface area contributed by atoms with Gasteiger partial charge in [0.15, 0.2) is 0 Å². The summed E-state index contributed by atoms with van der Waals surface area (Å²) in [5.74, 6) is -0.235. The number of carbonyl (C=O) groups is 1. The van der Waals surface area contributed by atoms with Crippen molar-refractivity contribution in [1.29, 1.82) is 0 Å². The Hall–Kier alpha value is -0.490. The van der Waals surface area contributed by atoms with Crippen LogP contribution in [0.5, 0.6) is 0 Å². The normalized spacial score (nSPS) is 12.0. The Balaban J connectivity index is 2.62. The maximum Gasteiger partial charge on any atom is 0.307 e. The Labute approximate surface area is 114 Å². The van der Waals surface area contributed by atoms with Crippen molar-refractivity contribution in [3.05, 3.63) is 26.8 Å². The number of anilines is 1. The van der Waals surface area contributed by atoms with Gasteiger partial charge in [-0.3, -0.25) is 4.79 Å². The minimum Gasteiger partial charge on any atom is -0.469 e. The molecule has 1 unspecified atom stereocenters. The van der Waals surface area contributed by atoms with Gasteiger partial charge in [0.1, 0.15) is 0 Å². The van der Waals surface area contributed by atoms with Crippen LogP contribution in [0.25, 0.3) is 0 Å². The summed E-state index contributed by atoms with van der Waals surface area (Å²) in [4.78, 5) is 11.1. The maximum absolute atomic E-state index is 11.1. The molecule has 1 atom stereocenters. The zero-order valence-corrected chi connectivity index (χ0v) is 12.0. The molecule has 1 N–H and O–H groups in total. The van der Waals surface area contributed by atoms with Crippen LogP contribution in [-0.4, -0.2) is 19.1 Å². The summed E-state index contributed by atoms with van der Waals surface area (Å²) in [5, 5.41) is 3.82. The average molecular weight is 354 g/mol. The molecule has 1 aromatic rings. The first-order valence-corrected chi connectivity index (χ1v) is 6.27. The first-order chi connectivity index (χ1) is 7.52. The molecule has 0 aliphatic heterocycles. The molecule has 0 aromatic heterocycles. The minimum absolute atomic E-state index is 0.00925. The van der Waals surface area contributed by atoms with Crippen LogP contribution >= 0.6 is 34.2 Å². The molecular weight excluding hydrogens is 340 g/mol. The summed E-state index contributed by atoms with van der Waals surface area (Å²) >= 11 is 8.26. The van der Waals surface area contributed by atoms with Crippen LogP contribution in [0.15, 0.2) is 18.2 Å². The number of nitrogens with one attached hydrogen (secondary N) is 1. The standard InChI is InChI=1S/C11H13ClINO2/c1-7(5-11(15)16-2)14-10-4-3-8(13)6-9(10)12/h3-4,6-7,14H,5H2,1-2H3. The number of carbonyl (C=O) groups excluding carboxylic acids is 1. The van der Waals surface area contributed by atoms with E-state index < -0.39 is 0 Å². The number of halogens is 2. The third kappa shape index (κ3) is 4.17. The minimum atomic E-state index is -0.235. The van der Waals surface area contributed by atoms with Crippen molar-refractivity contribution in [1.82, 2.24) is 0 Å². The quantitative estimate of drug-likeness (QED) is 0.667. The number of rotatable bonds is 4. The highest BCUT2D eigenvalue weighted by Gasteiger charge is 2.10. The number of ether oxygens (including phenoxy) is 1. The Morgan fingerprint density at radius 3 is 2.88 bits per heavy atom. The van der Waals surface area contributed by atoms with E-state index in [1.807, 2.05) is 25.1 Å². The van der Waals surface area contributed by atoms with Crippen LogP contribution in [0, 0.1) is 3.57 Å². The van der Waals surface area contributed by atoms with Gasteiger partial charge in [-0.05, 0) is 47.7 Å². The van der Waals surface area contributed by atoms with E-state index in [-0.39, 0.29) is 12.0 Å². The molecule has 0 fully saturated rings. The van der Waals surface area contributed by atoms with Crippen molar-refractivity contribution < 1.29 is 9.53 Å². The van der Waals surface area contributed by atoms with Gasteiger partial charge in [0.2, 0.25) is 0 Å². The predicted octanol–water partition coefficient (Wildman–Crippen LogP) is 3.31. The number of hydrogen-bond acceptors (Lipinski definition) is 3. The van der Waals surface area contributed by atoms with Crippen LogP contribution in [0.2, 0.25) is 5.02 Å². The van der Waals surface area contributed by atoms with Crippen LogP contribution in [-0.2, 0) is 9.53 Å². The topological polar surface area (TPSA) is 38.3 Å². The van der Waals surface area contributed by atoms with Crippen LogP contribution in [0.4, 0.5) is 5.69 Å². The SMILES string of the molecule is COC(=O)CC(C)Nc1ccc(I)cc1Cl. The van der Waals surface area contributed by atoms with Gasteiger partial charge in [0.05, 0.1) is 24.2 Å². The fraction of sp³-hybridized carbons (Fsp3) is 0.364. The molecule has 0 spiro atoms. The van der Waals surface area contributed by atoms with E-state index in [1.54, 1.807) is 0 Å². The molecule has 0 radical (unpaired) electrons. The van der Waals surface area contributed by atoms with Crippen molar-refractivity contribution in [2.75, 3.05) is 12.4 Å². The lowest BCUT2D eigenvalue weighted by molar-refractivity contribution is -0.140. The summed E-state index contributed by atoms with van der Waals surface area (Å²) < 4.78 is 5.67. The van der Waals surface area contributed by atoms with Crippen LogP contribution < -0.4 is 5.32 Å². The van der Waals surface area contributed by atoms with Gasteiger partial charge in [0, 0.05) is 9.61 Å². The third-order valence-corrected chi connectivity index (χ3v) is 3.02. The second-order valence-electron chi connectivity index (χ2n) is 3.45. The van der Waals surface area contributed by atoms with Crippen LogP contribution in [0.1, 0.15) is 13.3 Å². The Kier molecular flexibility index (Phi) is 5.34. The van der Waals surface area contributed by atoms with Gasteiger partial charge >= 0.3 is 5.97 Å². The summed E-state index contributed by atoms with van der Waals surface area (Å²) in [6, 6.07) is 5.72. The Bertz CT molecular complexity index is 384. The molecule has 1 aromatic carbocycles. The average Bonchev–Trinajstić information content (AvgIpc) is 2.22. The second kappa shape index (κ2) is 6.30. The molecular formula is C11H13ClINO2. The van der Waals surface area contributed by atoms with Crippen molar-refractivity contribution in [3.63, 3.8) is 0 Å². The molecule has 0 heterocycles. The fourth-order valence-electron chi connectivity index (χ4n) is 1.26. The first kappa shape index (κ1) is 13.6. The Morgan fingerprint density at radius 1 is 1.62 bits per heavy atom. The molecule has 0 saturated heterocycles. The van der Waals surface area contributed by atoms with Crippen molar-refractivity contribution in [3.8, 4) is 0 Å². The fourth-order valence-corrected chi connectivity index (χ4v) is 2.17. The van der Waals surface area contributed by atoms with E-state index in [0.29, 0.717) is 11.4 Å². The smallest absolute Gasteiger partial charge is 0.307 e. The van der Waals surface area contributed by atoms with E-state index in [0.717, 1.165) is 9.26 Å². The summed E-state index contributed by atoms with van der Waals surface area (Å²) in [5.41, 5.74) is 0.832. The maximum atomic E-state index is 11.1. The molecule has 1 rings (SSSR count). The first-order valence-electron chi connectivity index (χ1n) is 4.81. The molecule has 5 heteroatoms. The third-order valence-electron chi connectivity index (χ3n) is 2.03. The number of hydrogen-bond donors (Lipinski definition) is 1. The molecule has 0 saturated carbocycles. The predicted molar refractivity (Wildman–Crippen MR) is 73.9 cm³/mol. The zero-order valence-electron chi connectivity index (χ0n) is 9.09. The number of benzene rings is 1. The largest absolute Gasteiger partial charge is 0.469 e. The van der Waals surface area contributed by atoms with E-state index in [1.165, 1.54) is 7.11 Å². The van der Waals surface area contributed by atoms with E-state index >= 15 is 0 Å². The zero-order chi connectivity index (χ0) is 12.1. The van der Waals surface area contributed by atoms with E-state index in [9.17, 15) is 4.79 Å². The summed E-state index contributed by atoms with van der Waals surface area (Å²) in [6.45, 7) is 1.91. The monoisotopic (exact) mass is 353 g/mol. The summed E-state index contributed by atoms with van der Waals surface area (Å²) in [6.07, 6.45) is 0.318. The van der Waals surface area contributed by atoms with E-state index in [2.05, 4.69) is 32.6 Å². The highest BCUT2D eigenvalue weighted by atomic mass is 127. The molecule has 16 heavy (non-hydrogen) atoms. The molecule has 3 nitrogen and oxygen atoms in total. The highest BCUT2D eigenvalue weighted by Crippen LogP contribution is 2.24. The van der Waals surface area contributed by atoms with Crippen molar-refractivity contribution in [2.45, 2.75) is 19.4 Å². The van der Waals surface area contributed by atoms with Gasteiger partial charge in [-0.25, -0.2) is 0 Å². The molecule has 0 bridgehead atoms. The van der Waals surface area contributed by atoms with Gasteiger partial charge in [0.25, 0.3) is 0 Å². The molecule has 0 amide bonds. The molecule has 88 valence electrons. The van der Waals surface area contributed by atoms with Crippen molar-refractivity contribution in [2.24, 2.45) is 0 Å². The van der Waals surface area contributed by atoms with Gasteiger partial charge in [-0.2, -0.15) is 0 Å². The van der Waals surface area contributed by atoms with Crippen LogP contribution in [0.3, 0.4) is 0 Å². The molecule has 0 aliphatic carbocycles. The second-order valence-corrected chi connectivity index (χ2v) is 5.10. The Morgan fingerprint density at radius 2 is 2.31 bits per heavy atom. The lowest BCUT2D eigenvalue weighted by Gasteiger charge is -2.15. The lowest BCUT2D eigenvalue weighted by atomic mass is 10.2. The number of methoxy groups -OCH3 is 1.